The van der Waals surface area contributed by atoms with E-state index in [4.69, 9.17) is 5.11 Å². The molecule has 0 radical (unpaired) electrons. The lowest BCUT2D eigenvalue weighted by Crippen LogP contribution is -2.41. The van der Waals surface area contributed by atoms with E-state index in [-0.39, 0.29) is 24.6 Å². The maximum absolute atomic E-state index is 12.4. The lowest BCUT2D eigenvalue weighted by Gasteiger charge is -2.19. The van der Waals surface area contributed by atoms with Gasteiger partial charge in [-0.05, 0) is 13.0 Å². The normalized spacial score (nSPS) is 21.9. The molecule has 3 heterocycles. The molecular weight excluding hydrogens is 278 g/mol. The number of carboxylic acids is 1. The molecule has 0 aromatic carbocycles. The number of rotatable bonds is 2. The number of aromatic nitrogens is 4. The topological polar surface area (TPSA) is 121 Å². The summed E-state index contributed by atoms with van der Waals surface area (Å²) in [7, 11) is 0. The van der Waals surface area contributed by atoms with Crippen molar-refractivity contribution in [3.05, 3.63) is 23.8 Å². The summed E-state index contributed by atoms with van der Waals surface area (Å²) in [6.45, 7) is 1.75. The predicted molar refractivity (Wildman–Crippen MR) is 68.6 cm³/mol. The van der Waals surface area contributed by atoms with Crippen molar-refractivity contribution in [2.24, 2.45) is 0 Å². The largest absolute Gasteiger partial charge is 0.480 e. The summed E-state index contributed by atoms with van der Waals surface area (Å²) in [5, 5.41) is 22.8. The van der Waals surface area contributed by atoms with Crippen LogP contribution in [0.1, 0.15) is 22.7 Å². The molecule has 0 saturated carbocycles. The third-order valence-corrected chi connectivity index (χ3v) is 3.45. The first-order chi connectivity index (χ1) is 9.97. The second-order valence-electron chi connectivity index (χ2n) is 4.93. The fraction of sp³-hybridized carbons (Fsp3) is 0.417. The molecule has 1 aliphatic heterocycles. The zero-order valence-electron chi connectivity index (χ0n) is 11.2. The average Bonchev–Trinajstić information content (AvgIpc) is 3.02. The molecule has 0 spiro atoms. The molecule has 0 aliphatic carbocycles. The molecule has 2 aromatic heterocycles. The number of hydrogen-bond acceptors (Lipinski definition) is 6. The van der Waals surface area contributed by atoms with E-state index >= 15 is 0 Å². The fourth-order valence-corrected chi connectivity index (χ4v) is 2.40. The van der Waals surface area contributed by atoms with Crippen molar-refractivity contribution in [2.45, 2.75) is 25.5 Å². The molecule has 0 unspecified atom stereocenters. The molecule has 0 bridgehead atoms. The number of aliphatic carboxylic acids is 1. The zero-order valence-corrected chi connectivity index (χ0v) is 11.2. The molecule has 2 aromatic rings. The van der Waals surface area contributed by atoms with Gasteiger partial charge in [0.2, 0.25) is 5.82 Å². The Morgan fingerprint density at radius 1 is 1.43 bits per heavy atom. The number of carbonyl (C=O) groups excluding carboxylic acids is 1. The summed E-state index contributed by atoms with van der Waals surface area (Å²) in [5.74, 6) is -1.64. The Hall–Kier alpha value is -2.55. The number of amides is 1. The van der Waals surface area contributed by atoms with Crippen molar-refractivity contribution >= 4 is 17.7 Å². The predicted octanol–water partition coefficient (Wildman–Crippen LogP) is -0.907. The zero-order chi connectivity index (χ0) is 15.1. The van der Waals surface area contributed by atoms with Crippen molar-refractivity contribution < 1.29 is 19.8 Å². The maximum atomic E-state index is 12.4. The van der Waals surface area contributed by atoms with E-state index in [0.717, 1.165) is 10.6 Å². The summed E-state index contributed by atoms with van der Waals surface area (Å²) < 4.78 is 1.41. The third-order valence-electron chi connectivity index (χ3n) is 3.45. The van der Waals surface area contributed by atoms with Crippen molar-refractivity contribution in [1.29, 1.82) is 0 Å². The summed E-state index contributed by atoms with van der Waals surface area (Å²) in [5.41, 5.74) is 0.753. The smallest absolute Gasteiger partial charge is 0.326 e. The Kier molecular flexibility index (Phi) is 3.05. The van der Waals surface area contributed by atoms with Crippen LogP contribution in [0.25, 0.3) is 5.78 Å². The SMILES string of the molecule is Cc1ccnc2nc(C(=O)N3C[C@H](O)C[C@H]3C(=O)O)nn12. The van der Waals surface area contributed by atoms with Crippen LogP contribution < -0.4 is 0 Å². The van der Waals surface area contributed by atoms with Crippen LogP contribution in [0, 0.1) is 6.92 Å². The molecule has 110 valence electrons. The molecule has 2 atom stereocenters. The minimum absolute atomic E-state index is 0.00568. The van der Waals surface area contributed by atoms with Crippen molar-refractivity contribution in [2.75, 3.05) is 6.54 Å². The number of aliphatic hydroxyl groups is 1. The van der Waals surface area contributed by atoms with Crippen LogP contribution in [-0.2, 0) is 4.79 Å². The van der Waals surface area contributed by atoms with Crippen LogP contribution in [0.2, 0.25) is 0 Å². The van der Waals surface area contributed by atoms with Gasteiger partial charge in [-0.15, -0.1) is 5.10 Å². The molecule has 1 amide bonds. The van der Waals surface area contributed by atoms with Gasteiger partial charge in [0.25, 0.3) is 11.7 Å². The van der Waals surface area contributed by atoms with E-state index in [0.29, 0.717) is 0 Å². The maximum Gasteiger partial charge on any atom is 0.326 e. The van der Waals surface area contributed by atoms with Gasteiger partial charge in [0.05, 0.1) is 6.10 Å². The molecule has 9 heteroatoms. The first-order valence-corrected chi connectivity index (χ1v) is 6.37. The van der Waals surface area contributed by atoms with Gasteiger partial charge in [-0.1, -0.05) is 0 Å². The van der Waals surface area contributed by atoms with Crippen LogP contribution in [0.4, 0.5) is 0 Å². The van der Waals surface area contributed by atoms with Gasteiger partial charge in [-0.25, -0.2) is 14.3 Å². The van der Waals surface area contributed by atoms with Gasteiger partial charge in [-0.2, -0.15) is 4.98 Å². The van der Waals surface area contributed by atoms with Gasteiger partial charge in [0.1, 0.15) is 6.04 Å². The Morgan fingerprint density at radius 2 is 2.19 bits per heavy atom. The summed E-state index contributed by atoms with van der Waals surface area (Å²) in [4.78, 5) is 32.6. The number of carbonyl (C=O) groups is 2. The molecular formula is C12H13N5O4. The van der Waals surface area contributed by atoms with E-state index in [1.807, 2.05) is 0 Å². The number of hydrogen-bond donors (Lipinski definition) is 2. The van der Waals surface area contributed by atoms with Crippen LogP contribution in [0.15, 0.2) is 12.3 Å². The van der Waals surface area contributed by atoms with Crippen LogP contribution >= 0.6 is 0 Å². The lowest BCUT2D eigenvalue weighted by molar-refractivity contribution is -0.141. The highest BCUT2D eigenvalue weighted by Crippen LogP contribution is 2.20. The highest BCUT2D eigenvalue weighted by molar-refractivity contribution is 5.94. The van der Waals surface area contributed by atoms with Gasteiger partial charge >= 0.3 is 5.97 Å². The molecule has 2 N–H and O–H groups in total. The van der Waals surface area contributed by atoms with E-state index in [9.17, 15) is 14.7 Å². The molecule has 9 nitrogen and oxygen atoms in total. The Morgan fingerprint density at radius 3 is 2.86 bits per heavy atom. The number of β-amino-alcohol motifs (C(OH)–C–C–N with tert-alkyl or cyclic N) is 1. The number of nitrogens with zero attached hydrogens (tertiary/aromatic N) is 5. The van der Waals surface area contributed by atoms with Crippen molar-refractivity contribution in [3.8, 4) is 0 Å². The van der Waals surface area contributed by atoms with Gasteiger partial charge in [0.15, 0.2) is 0 Å². The third kappa shape index (κ3) is 2.21. The fourth-order valence-electron chi connectivity index (χ4n) is 2.40. The average molecular weight is 291 g/mol. The summed E-state index contributed by atoms with van der Waals surface area (Å²) >= 11 is 0. The molecule has 1 saturated heterocycles. The number of aryl methyl sites for hydroxylation is 1. The number of carboxylic acid groups (broad SMARTS) is 1. The second kappa shape index (κ2) is 4.77. The summed E-state index contributed by atoms with van der Waals surface area (Å²) in [6.07, 6.45) is 0.700. The van der Waals surface area contributed by atoms with Crippen LogP contribution in [0.5, 0.6) is 0 Å². The van der Waals surface area contributed by atoms with E-state index in [1.165, 1.54) is 4.52 Å². The standard InChI is InChI=1S/C12H13N5O4/c1-6-2-3-13-12-14-9(15-17(6)12)10(19)16-5-7(18)4-8(16)11(20)21/h2-3,7-8,18H,4-5H2,1H3,(H,20,21)/t7-,8+/m1/s1. The second-order valence-corrected chi connectivity index (χ2v) is 4.93. The van der Waals surface area contributed by atoms with Gasteiger partial charge < -0.3 is 15.1 Å². The van der Waals surface area contributed by atoms with Gasteiger partial charge in [-0.3, -0.25) is 4.79 Å². The Labute approximate surface area is 118 Å². The molecule has 1 fully saturated rings. The van der Waals surface area contributed by atoms with Crippen LogP contribution in [0.3, 0.4) is 0 Å². The lowest BCUT2D eigenvalue weighted by atomic mass is 10.2. The van der Waals surface area contributed by atoms with Gasteiger partial charge in [0, 0.05) is 24.9 Å². The van der Waals surface area contributed by atoms with E-state index < -0.39 is 24.0 Å². The monoisotopic (exact) mass is 291 g/mol. The Bertz CT molecular complexity index is 728. The van der Waals surface area contributed by atoms with Crippen LogP contribution in [-0.4, -0.2) is 65.3 Å². The Balaban J connectivity index is 1.96. The van der Waals surface area contributed by atoms with E-state index in [2.05, 4.69) is 15.1 Å². The molecule has 1 aliphatic rings. The minimum atomic E-state index is -1.15. The number of likely N-dealkylation sites (tertiary alicyclic amines) is 1. The van der Waals surface area contributed by atoms with E-state index in [1.54, 1.807) is 19.2 Å². The molecule has 21 heavy (non-hydrogen) atoms. The summed E-state index contributed by atoms with van der Waals surface area (Å²) in [6, 6.07) is 0.656. The highest BCUT2D eigenvalue weighted by atomic mass is 16.4. The first-order valence-electron chi connectivity index (χ1n) is 6.37. The van der Waals surface area contributed by atoms with Crippen molar-refractivity contribution in [1.82, 2.24) is 24.5 Å². The molecule has 3 rings (SSSR count). The minimum Gasteiger partial charge on any atom is -0.480 e. The quantitative estimate of drug-likeness (QED) is 0.734. The van der Waals surface area contributed by atoms with Crippen molar-refractivity contribution in [3.63, 3.8) is 0 Å². The number of fused-ring (bicyclic) bond motifs is 1. The number of aliphatic hydroxyl groups excluding tert-OH is 1. The first kappa shape index (κ1) is 13.4. The highest BCUT2D eigenvalue weighted by Gasteiger charge is 2.40.